The molecule has 1 aliphatic heterocycles. The monoisotopic (exact) mass is 235 g/mol. The molecule has 1 fully saturated rings. The van der Waals surface area contributed by atoms with Gasteiger partial charge in [0.2, 0.25) is 0 Å². The Morgan fingerprint density at radius 1 is 1.41 bits per heavy atom. The maximum absolute atomic E-state index is 5.73. The Morgan fingerprint density at radius 3 is 2.76 bits per heavy atom. The summed E-state index contributed by atoms with van der Waals surface area (Å²) >= 11 is 0. The first-order valence-electron chi connectivity index (χ1n) is 6.19. The molecule has 0 amide bonds. The summed E-state index contributed by atoms with van der Waals surface area (Å²) in [4.78, 5) is 6.76. The van der Waals surface area contributed by atoms with Crippen molar-refractivity contribution in [3.05, 3.63) is 23.9 Å². The Kier molecular flexibility index (Phi) is 3.97. The fourth-order valence-electron chi connectivity index (χ4n) is 2.31. The first kappa shape index (κ1) is 12.3. The van der Waals surface area contributed by atoms with Crippen molar-refractivity contribution in [2.24, 2.45) is 0 Å². The van der Waals surface area contributed by atoms with Crippen LogP contribution in [0, 0.1) is 0 Å². The van der Waals surface area contributed by atoms with Crippen LogP contribution in [0.4, 0.5) is 5.82 Å². The van der Waals surface area contributed by atoms with Gasteiger partial charge in [-0.05, 0) is 38.6 Å². The lowest BCUT2D eigenvalue weighted by Gasteiger charge is -2.36. The Balaban J connectivity index is 2.12. The van der Waals surface area contributed by atoms with Crippen LogP contribution in [0.2, 0.25) is 0 Å². The molecule has 94 valence electrons. The molecule has 0 aliphatic carbocycles. The van der Waals surface area contributed by atoms with Crippen molar-refractivity contribution >= 4 is 5.82 Å². The number of hydrogen-bond acceptors (Lipinski definition) is 4. The van der Waals surface area contributed by atoms with Gasteiger partial charge in [-0.3, -0.25) is 0 Å². The quantitative estimate of drug-likeness (QED) is 0.859. The van der Waals surface area contributed by atoms with Gasteiger partial charge in [0.1, 0.15) is 5.82 Å². The average Bonchev–Trinajstić information content (AvgIpc) is 2.28. The van der Waals surface area contributed by atoms with Crippen LogP contribution in [0.15, 0.2) is 18.3 Å². The third kappa shape index (κ3) is 3.17. The van der Waals surface area contributed by atoms with E-state index in [0.717, 1.165) is 25.5 Å². The summed E-state index contributed by atoms with van der Waals surface area (Å²) in [5.74, 6) is 1.06. The summed E-state index contributed by atoms with van der Waals surface area (Å²) in [7, 11) is 1.96. The molecule has 1 aromatic heterocycles. The lowest BCUT2D eigenvalue weighted by Crippen LogP contribution is -2.45. The van der Waals surface area contributed by atoms with Crippen LogP contribution in [0.3, 0.4) is 0 Å². The second-order valence-corrected chi connectivity index (χ2v) is 4.71. The van der Waals surface area contributed by atoms with Crippen molar-refractivity contribution in [3.63, 3.8) is 0 Å². The highest BCUT2D eigenvalue weighted by atomic mass is 16.5. The topological polar surface area (TPSA) is 37.4 Å². The summed E-state index contributed by atoms with van der Waals surface area (Å²) in [5.41, 5.74) is 1.27. The number of morpholine rings is 1. The lowest BCUT2D eigenvalue weighted by molar-refractivity contribution is -0.00546. The van der Waals surface area contributed by atoms with E-state index in [9.17, 15) is 0 Å². The van der Waals surface area contributed by atoms with E-state index < -0.39 is 0 Å². The minimum Gasteiger partial charge on any atom is -0.372 e. The molecule has 0 bridgehead atoms. The molecule has 0 radical (unpaired) electrons. The first-order valence-corrected chi connectivity index (χ1v) is 6.19. The minimum absolute atomic E-state index is 0.272. The van der Waals surface area contributed by atoms with Crippen molar-refractivity contribution in [3.8, 4) is 0 Å². The highest BCUT2D eigenvalue weighted by Crippen LogP contribution is 2.18. The van der Waals surface area contributed by atoms with Crippen molar-refractivity contribution in [1.29, 1.82) is 0 Å². The van der Waals surface area contributed by atoms with E-state index in [4.69, 9.17) is 4.74 Å². The molecule has 1 aliphatic rings. The summed E-state index contributed by atoms with van der Waals surface area (Å²) in [6.45, 7) is 6.94. The van der Waals surface area contributed by atoms with E-state index >= 15 is 0 Å². The fourth-order valence-corrected chi connectivity index (χ4v) is 2.31. The molecule has 2 atom stereocenters. The zero-order chi connectivity index (χ0) is 12.3. The standard InChI is InChI=1S/C13H21N3O/c1-10-8-16(9-11(2)17-10)13-6-12(7-14-3)4-5-15-13/h4-6,10-11,14H,7-9H2,1-3H3/t10-,11+. The SMILES string of the molecule is CNCc1ccnc(N2C[C@@H](C)O[C@@H](C)C2)c1. The molecule has 1 aromatic rings. The number of ether oxygens (including phenoxy) is 1. The number of hydrogen-bond donors (Lipinski definition) is 1. The van der Waals surface area contributed by atoms with Crippen molar-refractivity contribution in [2.45, 2.75) is 32.6 Å². The summed E-state index contributed by atoms with van der Waals surface area (Å²) in [5, 5.41) is 3.16. The van der Waals surface area contributed by atoms with Gasteiger partial charge >= 0.3 is 0 Å². The molecule has 2 heterocycles. The van der Waals surface area contributed by atoms with Crippen LogP contribution in [-0.2, 0) is 11.3 Å². The van der Waals surface area contributed by atoms with Crippen molar-refractivity contribution in [2.75, 3.05) is 25.0 Å². The van der Waals surface area contributed by atoms with E-state index in [1.807, 2.05) is 19.3 Å². The molecule has 2 rings (SSSR count). The van der Waals surface area contributed by atoms with E-state index in [-0.39, 0.29) is 12.2 Å². The number of nitrogens with zero attached hydrogens (tertiary/aromatic N) is 2. The molecule has 0 aromatic carbocycles. The third-order valence-electron chi connectivity index (χ3n) is 2.93. The van der Waals surface area contributed by atoms with Crippen LogP contribution in [0.5, 0.6) is 0 Å². The van der Waals surface area contributed by atoms with Gasteiger partial charge in [-0.15, -0.1) is 0 Å². The number of aromatic nitrogens is 1. The second kappa shape index (κ2) is 5.47. The fraction of sp³-hybridized carbons (Fsp3) is 0.615. The predicted octanol–water partition coefficient (Wildman–Crippen LogP) is 1.41. The van der Waals surface area contributed by atoms with Gasteiger partial charge in [-0.1, -0.05) is 0 Å². The molecule has 4 nitrogen and oxygen atoms in total. The summed E-state index contributed by atoms with van der Waals surface area (Å²) in [6, 6.07) is 4.20. The second-order valence-electron chi connectivity index (χ2n) is 4.71. The highest BCUT2D eigenvalue weighted by molar-refractivity contribution is 5.41. The largest absolute Gasteiger partial charge is 0.372 e. The zero-order valence-corrected chi connectivity index (χ0v) is 10.8. The minimum atomic E-state index is 0.272. The van der Waals surface area contributed by atoms with Gasteiger partial charge in [0.25, 0.3) is 0 Å². The van der Waals surface area contributed by atoms with Crippen LogP contribution in [0.1, 0.15) is 19.4 Å². The Morgan fingerprint density at radius 2 is 2.12 bits per heavy atom. The maximum Gasteiger partial charge on any atom is 0.128 e. The molecule has 1 saturated heterocycles. The highest BCUT2D eigenvalue weighted by Gasteiger charge is 2.23. The van der Waals surface area contributed by atoms with Crippen LogP contribution < -0.4 is 10.2 Å². The first-order chi connectivity index (χ1) is 8.19. The van der Waals surface area contributed by atoms with Gasteiger partial charge in [0.15, 0.2) is 0 Å². The smallest absolute Gasteiger partial charge is 0.128 e. The molecule has 1 N–H and O–H groups in total. The van der Waals surface area contributed by atoms with Crippen LogP contribution >= 0.6 is 0 Å². The van der Waals surface area contributed by atoms with Crippen LogP contribution in [0.25, 0.3) is 0 Å². The summed E-state index contributed by atoms with van der Waals surface area (Å²) < 4.78 is 5.73. The average molecular weight is 235 g/mol. The molecule has 4 heteroatoms. The lowest BCUT2D eigenvalue weighted by atomic mass is 10.2. The zero-order valence-electron chi connectivity index (χ0n) is 10.8. The normalized spacial score (nSPS) is 25.0. The van der Waals surface area contributed by atoms with Crippen LogP contribution in [-0.4, -0.2) is 37.3 Å². The summed E-state index contributed by atoms with van der Waals surface area (Å²) in [6.07, 6.45) is 2.43. The molecular weight excluding hydrogens is 214 g/mol. The Hall–Kier alpha value is -1.13. The Labute approximate surface area is 103 Å². The number of rotatable bonds is 3. The molecule has 0 unspecified atom stereocenters. The number of pyridine rings is 1. The number of anilines is 1. The van der Waals surface area contributed by atoms with Gasteiger partial charge in [-0.2, -0.15) is 0 Å². The van der Waals surface area contributed by atoms with Gasteiger partial charge in [-0.25, -0.2) is 4.98 Å². The van der Waals surface area contributed by atoms with E-state index in [1.165, 1.54) is 5.56 Å². The molecule has 0 spiro atoms. The van der Waals surface area contributed by atoms with Crippen molar-refractivity contribution < 1.29 is 4.74 Å². The van der Waals surface area contributed by atoms with Crippen molar-refractivity contribution in [1.82, 2.24) is 10.3 Å². The van der Waals surface area contributed by atoms with Gasteiger partial charge in [0, 0.05) is 25.8 Å². The van der Waals surface area contributed by atoms with E-state index in [1.54, 1.807) is 0 Å². The third-order valence-corrected chi connectivity index (χ3v) is 2.93. The maximum atomic E-state index is 5.73. The number of nitrogens with one attached hydrogen (secondary N) is 1. The van der Waals surface area contributed by atoms with Gasteiger partial charge < -0.3 is 15.0 Å². The van der Waals surface area contributed by atoms with Gasteiger partial charge in [0.05, 0.1) is 12.2 Å². The van der Waals surface area contributed by atoms with E-state index in [2.05, 4.69) is 35.1 Å². The molecule has 0 saturated carbocycles. The Bertz CT molecular complexity index is 359. The predicted molar refractivity (Wildman–Crippen MR) is 69.2 cm³/mol. The molecule has 17 heavy (non-hydrogen) atoms. The molecular formula is C13H21N3O. The van der Waals surface area contributed by atoms with E-state index in [0.29, 0.717) is 0 Å².